The number of anilines is 1. The summed E-state index contributed by atoms with van der Waals surface area (Å²) in [6.07, 6.45) is 0.737. The van der Waals surface area contributed by atoms with Crippen molar-refractivity contribution in [2.75, 3.05) is 18.0 Å². The van der Waals surface area contributed by atoms with Gasteiger partial charge in [-0.05, 0) is 37.0 Å². The first-order valence-corrected chi connectivity index (χ1v) is 7.43. The fraction of sp³-hybridized carbons (Fsp3) is 0.600. The zero-order valence-electron chi connectivity index (χ0n) is 12.4. The van der Waals surface area contributed by atoms with Crippen LogP contribution in [0.1, 0.15) is 30.7 Å². The summed E-state index contributed by atoms with van der Waals surface area (Å²) in [6.45, 7) is 5.11. The first-order chi connectivity index (χ1) is 10.0. The number of nitrogens with zero attached hydrogens (tertiary/aromatic N) is 3. The van der Waals surface area contributed by atoms with Crippen LogP contribution < -0.4 is 4.90 Å². The highest BCUT2D eigenvalue weighted by Gasteiger charge is 2.40. The smallest absolute Gasteiger partial charge is 0.407 e. The van der Waals surface area contributed by atoms with Gasteiger partial charge in [0.2, 0.25) is 0 Å². The van der Waals surface area contributed by atoms with Gasteiger partial charge in [0.05, 0.1) is 12.6 Å². The topological polar surface area (TPSA) is 76.9 Å². The van der Waals surface area contributed by atoms with Gasteiger partial charge in [-0.25, -0.2) is 9.78 Å². The molecule has 0 spiro atoms. The van der Waals surface area contributed by atoms with Crippen LogP contribution in [0.15, 0.2) is 6.07 Å². The van der Waals surface area contributed by atoms with Gasteiger partial charge in [-0.15, -0.1) is 0 Å². The van der Waals surface area contributed by atoms with E-state index < -0.39 is 6.09 Å². The van der Waals surface area contributed by atoms with Gasteiger partial charge >= 0.3 is 6.09 Å². The van der Waals surface area contributed by atoms with E-state index in [-0.39, 0.29) is 18.7 Å². The molecule has 0 aliphatic carbocycles. The molecule has 0 bridgehead atoms. The Morgan fingerprint density at radius 1 is 1.48 bits per heavy atom. The zero-order valence-corrected chi connectivity index (χ0v) is 12.4. The van der Waals surface area contributed by atoms with Crippen LogP contribution in [-0.2, 0) is 19.4 Å². The molecule has 1 aromatic heterocycles. The second-order valence-corrected chi connectivity index (χ2v) is 5.89. The zero-order chi connectivity index (χ0) is 15.1. The average molecular weight is 291 g/mol. The molecule has 2 N–H and O–H groups in total. The number of carbonyl (C=O) groups is 1. The molecule has 1 aromatic rings. The van der Waals surface area contributed by atoms with Crippen molar-refractivity contribution in [2.24, 2.45) is 0 Å². The van der Waals surface area contributed by atoms with Crippen LogP contribution >= 0.6 is 0 Å². The first kappa shape index (κ1) is 14.1. The number of carboxylic acid groups (broad SMARTS) is 1. The highest BCUT2D eigenvalue weighted by molar-refractivity contribution is 5.67. The molecule has 0 saturated carbocycles. The van der Waals surface area contributed by atoms with Crippen LogP contribution in [0.25, 0.3) is 0 Å². The highest BCUT2D eigenvalue weighted by Crippen LogP contribution is 2.36. The van der Waals surface area contributed by atoms with Crippen molar-refractivity contribution in [3.05, 3.63) is 22.9 Å². The molecule has 114 valence electrons. The first-order valence-electron chi connectivity index (χ1n) is 7.43. The summed E-state index contributed by atoms with van der Waals surface area (Å²) in [5.41, 5.74) is 2.95. The second kappa shape index (κ2) is 5.18. The van der Waals surface area contributed by atoms with E-state index in [4.69, 9.17) is 4.98 Å². The monoisotopic (exact) mass is 291 g/mol. The molecule has 1 amide bonds. The van der Waals surface area contributed by atoms with Gasteiger partial charge in [-0.3, -0.25) is 0 Å². The lowest BCUT2D eigenvalue weighted by Crippen LogP contribution is -2.58. The van der Waals surface area contributed by atoms with Crippen molar-refractivity contribution in [3.8, 4) is 0 Å². The number of pyridine rings is 1. The summed E-state index contributed by atoms with van der Waals surface area (Å²) in [4.78, 5) is 19.7. The third-order valence-corrected chi connectivity index (χ3v) is 4.51. The van der Waals surface area contributed by atoms with Crippen LogP contribution in [0, 0.1) is 0 Å². The molecule has 0 radical (unpaired) electrons. The maximum Gasteiger partial charge on any atom is 0.407 e. The molecule has 6 nitrogen and oxygen atoms in total. The van der Waals surface area contributed by atoms with E-state index in [9.17, 15) is 15.0 Å². The SMILES string of the molecule is CCc1nc2c(cc1CO)C[C@@H]1CN(C(=O)O)C[C@@H](C)N21. The van der Waals surface area contributed by atoms with E-state index >= 15 is 0 Å². The van der Waals surface area contributed by atoms with Crippen LogP contribution in [-0.4, -0.2) is 51.4 Å². The molecule has 2 atom stereocenters. The summed E-state index contributed by atoms with van der Waals surface area (Å²) in [6, 6.07) is 2.32. The van der Waals surface area contributed by atoms with Crippen molar-refractivity contribution >= 4 is 11.9 Å². The normalized spacial score (nSPS) is 24.0. The number of aliphatic hydroxyl groups is 1. The minimum absolute atomic E-state index is 0.00489. The molecule has 1 saturated heterocycles. The molecular formula is C15H21N3O3. The van der Waals surface area contributed by atoms with Crippen LogP contribution in [0.2, 0.25) is 0 Å². The minimum atomic E-state index is -0.851. The Morgan fingerprint density at radius 3 is 2.86 bits per heavy atom. The highest BCUT2D eigenvalue weighted by atomic mass is 16.4. The van der Waals surface area contributed by atoms with E-state index in [0.717, 1.165) is 35.5 Å². The average Bonchev–Trinajstić information content (AvgIpc) is 2.83. The van der Waals surface area contributed by atoms with Gasteiger partial charge in [-0.1, -0.05) is 6.92 Å². The quantitative estimate of drug-likeness (QED) is 0.857. The number of hydrogen-bond donors (Lipinski definition) is 2. The molecule has 21 heavy (non-hydrogen) atoms. The number of aliphatic hydroxyl groups excluding tert-OH is 1. The lowest BCUT2D eigenvalue weighted by atomic mass is 10.1. The Balaban J connectivity index is 1.96. The third-order valence-electron chi connectivity index (χ3n) is 4.51. The largest absolute Gasteiger partial charge is 0.465 e. The summed E-state index contributed by atoms with van der Waals surface area (Å²) in [7, 11) is 0. The molecule has 3 heterocycles. The molecular weight excluding hydrogens is 270 g/mol. The molecule has 3 rings (SSSR count). The van der Waals surface area contributed by atoms with Gasteiger partial charge in [0.1, 0.15) is 5.82 Å². The summed E-state index contributed by atoms with van der Waals surface area (Å²) in [5, 5.41) is 18.7. The number of fused-ring (bicyclic) bond motifs is 3. The Bertz CT molecular complexity index is 576. The van der Waals surface area contributed by atoms with Crippen LogP contribution in [0.5, 0.6) is 0 Å². The number of piperazine rings is 1. The van der Waals surface area contributed by atoms with Crippen molar-refractivity contribution in [1.82, 2.24) is 9.88 Å². The maximum atomic E-state index is 11.2. The third kappa shape index (κ3) is 2.23. The van der Waals surface area contributed by atoms with E-state index in [1.165, 1.54) is 4.90 Å². The number of aromatic nitrogens is 1. The second-order valence-electron chi connectivity index (χ2n) is 5.89. The van der Waals surface area contributed by atoms with Crippen LogP contribution in [0.4, 0.5) is 10.6 Å². The Morgan fingerprint density at radius 2 is 2.24 bits per heavy atom. The van der Waals surface area contributed by atoms with Crippen molar-refractivity contribution in [1.29, 1.82) is 0 Å². The van der Waals surface area contributed by atoms with Gasteiger partial charge in [0, 0.05) is 24.8 Å². The summed E-state index contributed by atoms with van der Waals surface area (Å²) in [5.74, 6) is 0.978. The predicted octanol–water partition coefficient (Wildman–Crippen LogP) is 1.25. The maximum absolute atomic E-state index is 11.2. The standard InChI is InChI=1S/C15H21N3O3/c1-3-13-11(8-19)4-10-5-12-7-17(15(20)21)6-9(2)18(12)14(10)16-13/h4,9,12,19H,3,5-8H2,1-2H3,(H,20,21)/t9-,12-/m1/s1. The molecule has 6 heteroatoms. The minimum Gasteiger partial charge on any atom is -0.465 e. The summed E-state index contributed by atoms with van der Waals surface area (Å²) < 4.78 is 0. The van der Waals surface area contributed by atoms with Gasteiger partial charge < -0.3 is 20.0 Å². The number of amides is 1. The molecule has 1 fully saturated rings. The fourth-order valence-electron chi connectivity index (χ4n) is 3.58. The van der Waals surface area contributed by atoms with Gasteiger partial charge in [-0.2, -0.15) is 0 Å². The molecule has 0 unspecified atom stereocenters. The fourth-order valence-corrected chi connectivity index (χ4v) is 3.58. The number of rotatable bonds is 2. The van der Waals surface area contributed by atoms with E-state index in [1.807, 2.05) is 19.9 Å². The van der Waals surface area contributed by atoms with Crippen LogP contribution in [0.3, 0.4) is 0 Å². The van der Waals surface area contributed by atoms with Gasteiger partial charge in [0.25, 0.3) is 0 Å². The van der Waals surface area contributed by atoms with Crippen molar-refractivity contribution in [2.45, 2.75) is 45.4 Å². The lowest BCUT2D eigenvalue weighted by Gasteiger charge is -2.42. The van der Waals surface area contributed by atoms with E-state index in [1.54, 1.807) is 0 Å². The van der Waals surface area contributed by atoms with E-state index in [2.05, 4.69) is 4.90 Å². The Labute approximate surface area is 124 Å². The van der Waals surface area contributed by atoms with Gasteiger partial charge in [0.15, 0.2) is 0 Å². The Hall–Kier alpha value is -1.82. The van der Waals surface area contributed by atoms with Crippen molar-refractivity contribution in [3.63, 3.8) is 0 Å². The number of aryl methyl sites for hydroxylation is 1. The molecule has 2 aliphatic heterocycles. The van der Waals surface area contributed by atoms with Crippen molar-refractivity contribution < 1.29 is 15.0 Å². The molecule has 0 aromatic carbocycles. The van der Waals surface area contributed by atoms with E-state index in [0.29, 0.717) is 13.1 Å². The predicted molar refractivity (Wildman–Crippen MR) is 78.6 cm³/mol. The number of hydrogen-bond acceptors (Lipinski definition) is 4. The summed E-state index contributed by atoms with van der Waals surface area (Å²) >= 11 is 0. The Kier molecular flexibility index (Phi) is 3.49. The molecule has 2 aliphatic rings. The lowest BCUT2D eigenvalue weighted by molar-refractivity contribution is 0.128.